The molecule has 0 aromatic heterocycles. The van der Waals surface area contributed by atoms with Gasteiger partial charge in [0.1, 0.15) is 17.6 Å². The lowest BCUT2D eigenvalue weighted by Crippen LogP contribution is -2.31. The maximum atomic E-state index is 11.1. The second-order valence-corrected chi connectivity index (χ2v) is 5.52. The molecule has 1 heterocycles. The zero-order chi connectivity index (χ0) is 13.7. The van der Waals surface area contributed by atoms with Gasteiger partial charge in [0.15, 0.2) is 0 Å². The Hall–Kier alpha value is -1.35. The second kappa shape index (κ2) is 6.71. The van der Waals surface area contributed by atoms with E-state index in [1.54, 1.807) is 6.92 Å². The maximum absolute atomic E-state index is 11.1. The van der Waals surface area contributed by atoms with Crippen molar-refractivity contribution in [2.75, 3.05) is 20.1 Å². The molecule has 104 valence electrons. The number of likely N-dealkylation sites (tertiary alicyclic amines) is 1. The van der Waals surface area contributed by atoms with Crippen molar-refractivity contribution < 1.29 is 9.53 Å². The van der Waals surface area contributed by atoms with Gasteiger partial charge in [-0.15, -0.1) is 0 Å². The lowest BCUT2D eigenvalue weighted by atomic mass is 10.1. The van der Waals surface area contributed by atoms with Gasteiger partial charge < -0.3 is 9.64 Å². The summed E-state index contributed by atoms with van der Waals surface area (Å²) >= 11 is 0. The van der Waals surface area contributed by atoms with E-state index in [0.29, 0.717) is 6.42 Å². The summed E-state index contributed by atoms with van der Waals surface area (Å²) in [7, 11) is 2.15. The van der Waals surface area contributed by atoms with Crippen LogP contribution >= 0.6 is 0 Å². The third kappa shape index (κ3) is 4.67. The highest BCUT2D eigenvalue weighted by molar-refractivity contribution is 5.78. The van der Waals surface area contributed by atoms with Crippen molar-refractivity contribution in [2.24, 2.45) is 0 Å². The van der Waals surface area contributed by atoms with Crippen LogP contribution < -0.4 is 4.74 Å². The van der Waals surface area contributed by atoms with Crippen molar-refractivity contribution in [3.8, 4) is 5.75 Å². The Morgan fingerprint density at radius 1 is 1.32 bits per heavy atom. The third-order valence-electron chi connectivity index (χ3n) is 3.51. The van der Waals surface area contributed by atoms with Gasteiger partial charge in [0, 0.05) is 13.0 Å². The van der Waals surface area contributed by atoms with Crippen molar-refractivity contribution >= 4 is 5.78 Å². The minimum Gasteiger partial charge on any atom is -0.489 e. The molecule has 0 aliphatic carbocycles. The smallest absolute Gasteiger partial charge is 0.134 e. The quantitative estimate of drug-likeness (QED) is 0.834. The average molecular weight is 261 g/mol. The maximum Gasteiger partial charge on any atom is 0.134 e. The first-order valence-electron chi connectivity index (χ1n) is 7.07. The first-order valence-corrected chi connectivity index (χ1v) is 7.07. The molecule has 1 saturated heterocycles. The van der Waals surface area contributed by atoms with E-state index in [4.69, 9.17) is 4.74 Å². The number of hydrogen-bond acceptors (Lipinski definition) is 3. The molecule has 1 aliphatic heterocycles. The standard InChI is InChI=1S/C16H23NO2/c1-13(18)11-14-6-8-15(9-7-14)19-16-5-3-4-10-17(2)12-16/h6-9,16H,3-5,10-12H2,1-2H3. The molecular formula is C16H23NO2. The van der Waals surface area contributed by atoms with Gasteiger partial charge in [0.2, 0.25) is 0 Å². The Kier molecular flexibility index (Phi) is 4.97. The van der Waals surface area contributed by atoms with Gasteiger partial charge in [0.25, 0.3) is 0 Å². The third-order valence-corrected chi connectivity index (χ3v) is 3.51. The lowest BCUT2D eigenvalue weighted by Gasteiger charge is -2.21. The number of ether oxygens (including phenoxy) is 1. The highest BCUT2D eigenvalue weighted by atomic mass is 16.5. The highest BCUT2D eigenvalue weighted by Gasteiger charge is 2.16. The van der Waals surface area contributed by atoms with Gasteiger partial charge in [-0.05, 0) is 57.5 Å². The molecule has 0 N–H and O–H groups in total. The van der Waals surface area contributed by atoms with Crippen LogP contribution in [0.15, 0.2) is 24.3 Å². The molecule has 3 heteroatoms. The zero-order valence-electron chi connectivity index (χ0n) is 11.9. The van der Waals surface area contributed by atoms with Gasteiger partial charge in [-0.2, -0.15) is 0 Å². The SMILES string of the molecule is CC(=O)Cc1ccc(OC2CCCCN(C)C2)cc1. The number of rotatable bonds is 4. The fraction of sp³-hybridized carbons (Fsp3) is 0.562. The molecule has 2 rings (SSSR count). The summed E-state index contributed by atoms with van der Waals surface area (Å²) in [5.41, 5.74) is 1.05. The van der Waals surface area contributed by atoms with Crippen molar-refractivity contribution in [2.45, 2.75) is 38.7 Å². The Morgan fingerprint density at radius 2 is 2.05 bits per heavy atom. The van der Waals surface area contributed by atoms with Gasteiger partial charge in [-0.1, -0.05) is 12.1 Å². The average Bonchev–Trinajstić information content (AvgIpc) is 2.55. The van der Waals surface area contributed by atoms with Gasteiger partial charge >= 0.3 is 0 Å². The van der Waals surface area contributed by atoms with Crippen molar-refractivity contribution in [3.05, 3.63) is 29.8 Å². The number of ketones is 1. The monoisotopic (exact) mass is 261 g/mol. The van der Waals surface area contributed by atoms with E-state index >= 15 is 0 Å². The van der Waals surface area contributed by atoms with E-state index in [1.165, 1.54) is 12.8 Å². The molecule has 1 atom stereocenters. The van der Waals surface area contributed by atoms with Gasteiger partial charge in [0.05, 0.1) is 0 Å². The molecule has 0 spiro atoms. The topological polar surface area (TPSA) is 29.5 Å². The van der Waals surface area contributed by atoms with Crippen LogP contribution in [-0.2, 0) is 11.2 Å². The first kappa shape index (κ1) is 14.1. The predicted molar refractivity (Wildman–Crippen MR) is 76.6 cm³/mol. The molecule has 0 radical (unpaired) electrons. The number of Topliss-reactive ketones (excluding diaryl/α,β-unsaturated/α-hetero) is 1. The summed E-state index contributed by atoms with van der Waals surface area (Å²) in [6.45, 7) is 3.78. The van der Waals surface area contributed by atoms with E-state index in [1.807, 2.05) is 24.3 Å². The Labute approximate surface area is 115 Å². The zero-order valence-corrected chi connectivity index (χ0v) is 11.9. The number of carbonyl (C=O) groups is 1. The van der Waals surface area contributed by atoms with Gasteiger partial charge in [-0.25, -0.2) is 0 Å². The summed E-state index contributed by atoms with van der Waals surface area (Å²) in [6.07, 6.45) is 4.41. The molecule has 19 heavy (non-hydrogen) atoms. The lowest BCUT2D eigenvalue weighted by molar-refractivity contribution is -0.116. The summed E-state index contributed by atoms with van der Waals surface area (Å²) in [5, 5.41) is 0. The normalized spacial score (nSPS) is 20.8. The molecular weight excluding hydrogens is 238 g/mol. The number of benzene rings is 1. The van der Waals surface area contributed by atoms with E-state index < -0.39 is 0 Å². The molecule has 1 unspecified atom stereocenters. The molecule has 3 nitrogen and oxygen atoms in total. The first-order chi connectivity index (χ1) is 9.13. The summed E-state index contributed by atoms with van der Waals surface area (Å²) < 4.78 is 6.04. The fourth-order valence-electron chi connectivity index (χ4n) is 2.55. The highest BCUT2D eigenvalue weighted by Crippen LogP contribution is 2.19. The second-order valence-electron chi connectivity index (χ2n) is 5.52. The molecule has 1 aliphatic rings. The largest absolute Gasteiger partial charge is 0.489 e. The van der Waals surface area contributed by atoms with Crippen LogP contribution in [0.4, 0.5) is 0 Å². The van der Waals surface area contributed by atoms with Crippen molar-refractivity contribution in [1.82, 2.24) is 4.90 Å². The van der Waals surface area contributed by atoms with Crippen LogP contribution in [0.25, 0.3) is 0 Å². The molecule has 1 fully saturated rings. The van der Waals surface area contributed by atoms with E-state index in [2.05, 4.69) is 11.9 Å². The van der Waals surface area contributed by atoms with Crippen LogP contribution in [0.3, 0.4) is 0 Å². The molecule has 1 aromatic rings. The van der Waals surface area contributed by atoms with Crippen LogP contribution in [0.2, 0.25) is 0 Å². The fourth-order valence-corrected chi connectivity index (χ4v) is 2.55. The molecule has 1 aromatic carbocycles. The summed E-state index contributed by atoms with van der Waals surface area (Å²) in [5.74, 6) is 1.10. The minimum atomic E-state index is 0.194. The van der Waals surface area contributed by atoms with Crippen molar-refractivity contribution in [3.63, 3.8) is 0 Å². The van der Waals surface area contributed by atoms with E-state index in [-0.39, 0.29) is 11.9 Å². The van der Waals surface area contributed by atoms with Crippen LogP contribution in [-0.4, -0.2) is 36.9 Å². The van der Waals surface area contributed by atoms with Crippen LogP contribution in [0.1, 0.15) is 31.7 Å². The number of likely N-dealkylation sites (N-methyl/N-ethyl adjacent to an activating group) is 1. The van der Waals surface area contributed by atoms with Gasteiger partial charge in [-0.3, -0.25) is 4.79 Å². The van der Waals surface area contributed by atoms with E-state index in [9.17, 15) is 4.79 Å². The van der Waals surface area contributed by atoms with Crippen LogP contribution in [0.5, 0.6) is 5.75 Å². The summed E-state index contributed by atoms with van der Waals surface area (Å²) in [4.78, 5) is 13.4. The Morgan fingerprint density at radius 3 is 2.74 bits per heavy atom. The number of hydrogen-bond donors (Lipinski definition) is 0. The van der Waals surface area contributed by atoms with Crippen LogP contribution in [0, 0.1) is 0 Å². The predicted octanol–water partition coefficient (Wildman–Crippen LogP) is 2.68. The Bertz CT molecular complexity index is 413. The summed E-state index contributed by atoms with van der Waals surface area (Å²) in [6, 6.07) is 7.92. The Balaban J connectivity index is 1.92. The molecule has 0 amide bonds. The van der Waals surface area contributed by atoms with Crippen molar-refractivity contribution in [1.29, 1.82) is 0 Å². The number of carbonyl (C=O) groups excluding carboxylic acids is 1. The molecule has 0 saturated carbocycles. The number of nitrogens with zero attached hydrogens (tertiary/aromatic N) is 1. The van der Waals surface area contributed by atoms with E-state index in [0.717, 1.165) is 30.8 Å². The molecule has 0 bridgehead atoms. The minimum absolute atomic E-state index is 0.194.